The fourth-order valence-electron chi connectivity index (χ4n) is 3.63. The van der Waals surface area contributed by atoms with E-state index in [1.54, 1.807) is 19.4 Å². The quantitative estimate of drug-likeness (QED) is 0.712. The first-order valence-electron chi connectivity index (χ1n) is 9.83. The largest absolute Gasteiger partial charge is 0.481 e. The van der Waals surface area contributed by atoms with Crippen LogP contribution in [0.15, 0.2) is 61.2 Å². The zero-order chi connectivity index (χ0) is 19.3. The van der Waals surface area contributed by atoms with Crippen LogP contribution in [0.3, 0.4) is 0 Å². The molecule has 0 bridgehead atoms. The molecule has 4 rings (SSSR count). The van der Waals surface area contributed by atoms with Crippen molar-refractivity contribution in [3.63, 3.8) is 0 Å². The van der Waals surface area contributed by atoms with Crippen LogP contribution < -0.4 is 10.1 Å². The summed E-state index contributed by atoms with van der Waals surface area (Å²) in [5.41, 5.74) is 4.71. The van der Waals surface area contributed by atoms with Gasteiger partial charge in [-0.1, -0.05) is 24.3 Å². The summed E-state index contributed by atoms with van der Waals surface area (Å²) in [4.78, 5) is 16.5. The summed E-state index contributed by atoms with van der Waals surface area (Å²) in [5.74, 6) is 0.747. The molecule has 0 fully saturated rings. The van der Waals surface area contributed by atoms with E-state index in [9.17, 15) is 4.79 Å². The first-order valence-corrected chi connectivity index (χ1v) is 9.83. The topological polar surface area (TPSA) is 56.1 Å². The number of benzene rings is 2. The molecule has 5 nitrogen and oxygen atoms in total. The first kappa shape index (κ1) is 18.3. The number of nitrogens with zero attached hydrogens (tertiary/aromatic N) is 2. The number of rotatable bonds is 6. The van der Waals surface area contributed by atoms with Crippen molar-refractivity contribution in [3.8, 4) is 11.4 Å². The van der Waals surface area contributed by atoms with Crippen molar-refractivity contribution < 1.29 is 9.53 Å². The number of carbonyl (C=O) groups is 1. The average Bonchev–Trinajstić information content (AvgIpc) is 3.27. The van der Waals surface area contributed by atoms with Crippen LogP contribution in [0, 0.1) is 0 Å². The highest BCUT2D eigenvalue weighted by atomic mass is 16.5. The second-order valence-electron chi connectivity index (χ2n) is 7.22. The van der Waals surface area contributed by atoms with Crippen molar-refractivity contribution >= 4 is 5.91 Å². The van der Waals surface area contributed by atoms with Crippen LogP contribution in [0.5, 0.6) is 5.75 Å². The molecule has 0 radical (unpaired) electrons. The Morgan fingerprint density at radius 2 is 2.00 bits per heavy atom. The van der Waals surface area contributed by atoms with Gasteiger partial charge in [0, 0.05) is 24.6 Å². The fourth-order valence-corrected chi connectivity index (χ4v) is 3.63. The Hall–Kier alpha value is -3.08. The standard InChI is InChI=1S/C23H25N3O2/c1-17(28-22-8-4-6-19-5-2-3-7-21(19)22)23(27)25-15-18-9-11-20(12-10-18)26-14-13-24-16-26/h4,6,8-14,16-17H,2-3,5,7,15H2,1H3,(H,25,27). The Morgan fingerprint density at radius 1 is 1.18 bits per heavy atom. The molecule has 0 spiro atoms. The van der Waals surface area contributed by atoms with Gasteiger partial charge in [-0.2, -0.15) is 0 Å². The van der Waals surface area contributed by atoms with Crippen molar-refractivity contribution in [2.24, 2.45) is 0 Å². The van der Waals surface area contributed by atoms with Crippen molar-refractivity contribution in [1.29, 1.82) is 0 Å². The van der Waals surface area contributed by atoms with Crippen molar-refractivity contribution in [1.82, 2.24) is 14.9 Å². The Labute approximate surface area is 165 Å². The summed E-state index contributed by atoms with van der Waals surface area (Å²) >= 11 is 0. The molecule has 1 aliphatic rings. The van der Waals surface area contributed by atoms with Crippen LogP contribution >= 0.6 is 0 Å². The molecular formula is C23H25N3O2. The number of fused-ring (bicyclic) bond motifs is 1. The summed E-state index contributed by atoms with van der Waals surface area (Å²) in [6.07, 6.45) is 9.43. The number of imidazole rings is 1. The normalized spacial score (nSPS) is 14.2. The van der Waals surface area contributed by atoms with Gasteiger partial charge >= 0.3 is 0 Å². The number of aryl methyl sites for hydroxylation is 1. The molecule has 144 valence electrons. The zero-order valence-corrected chi connectivity index (χ0v) is 16.1. The fraction of sp³-hybridized carbons (Fsp3) is 0.304. The molecule has 1 aromatic heterocycles. The van der Waals surface area contributed by atoms with Gasteiger partial charge in [0.15, 0.2) is 6.10 Å². The number of hydrogen-bond donors (Lipinski definition) is 1. The molecule has 3 aromatic rings. The van der Waals surface area contributed by atoms with E-state index in [2.05, 4.69) is 16.4 Å². The Morgan fingerprint density at radius 3 is 2.79 bits per heavy atom. The van der Waals surface area contributed by atoms with Crippen molar-refractivity contribution in [2.75, 3.05) is 0 Å². The lowest BCUT2D eigenvalue weighted by atomic mass is 9.91. The number of carbonyl (C=O) groups excluding carboxylic acids is 1. The van der Waals surface area contributed by atoms with E-state index in [1.807, 2.05) is 47.2 Å². The lowest BCUT2D eigenvalue weighted by Crippen LogP contribution is -2.36. The third kappa shape index (κ3) is 4.09. The van der Waals surface area contributed by atoms with E-state index in [0.717, 1.165) is 29.8 Å². The van der Waals surface area contributed by atoms with Gasteiger partial charge in [0.05, 0.1) is 6.33 Å². The summed E-state index contributed by atoms with van der Waals surface area (Å²) < 4.78 is 7.95. The average molecular weight is 375 g/mol. The summed E-state index contributed by atoms with van der Waals surface area (Å²) in [6, 6.07) is 14.2. The molecule has 0 aliphatic heterocycles. The predicted molar refractivity (Wildman–Crippen MR) is 109 cm³/mol. The summed E-state index contributed by atoms with van der Waals surface area (Å²) in [6.45, 7) is 2.28. The molecule has 1 unspecified atom stereocenters. The molecule has 0 saturated carbocycles. The third-order valence-corrected chi connectivity index (χ3v) is 5.23. The molecule has 0 saturated heterocycles. The highest BCUT2D eigenvalue weighted by Crippen LogP contribution is 2.30. The number of hydrogen-bond acceptors (Lipinski definition) is 3. The van der Waals surface area contributed by atoms with E-state index < -0.39 is 6.10 Å². The lowest BCUT2D eigenvalue weighted by Gasteiger charge is -2.22. The highest BCUT2D eigenvalue weighted by Gasteiger charge is 2.19. The molecule has 28 heavy (non-hydrogen) atoms. The number of aromatic nitrogens is 2. The SMILES string of the molecule is CC(Oc1cccc2c1CCCC2)C(=O)NCc1ccc(-n2ccnc2)cc1. The number of ether oxygens (including phenoxy) is 1. The maximum Gasteiger partial charge on any atom is 0.261 e. The first-order chi connectivity index (χ1) is 13.7. The van der Waals surface area contributed by atoms with Gasteiger partial charge in [0.25, 0.3) is 5.91 Å². The monoisotopic (exact) mass is 375 g/mol. The molecule has 1 amide bonds. The van der Waals surface area contributed by atoms with Gasteiger partial charge in [-0.15, -0.1) is 0 Å². The van der Waals surface area contributed by atoms with E-state index in [0.29, 0.717) is 6.54 Å². The minimum Gasteiger partial charge on any atom is -0.481 e. The Kier molecular flexibility index (Phi) is 5.42. The third-order valence-electron chi connectivity index (χ3n) is 5.23. The summed E-state index contributed by atoms with van der Waals surface area (Å²) in [7, 11) is 0. The summed E-state index contributed by atoms with van der Waals surface area (Å²) in [5, 5.41) is 2.97. The lowest BCUT2D eigenvalue weighted by molar-refractivity contribution is -0.127. The van der Waals surface area contributed by atoms with Crippen molar-refractivity contribution in [2.45, 2.75) is 45.3 Å². The van der Waals surface area contributed by atoms with Crippen LogP contribution in [0.25, 0.3) is 5.69 Å². The molecule has 1 aliphatic carbocycles. The van der Waals surface area contributed by atoms with Crippen LogP contribution in [-0.4, -0.2) is 21.6 Å². The van der Waals surface area contributed by atoms with Gasteiger partial charge in [-0.3, -0.25) is 4.79 Å². The van der Waals surface area contributed by atoms with Crippen LogP contribution in [0.2, 0.25) is 0 Å². The zero-order valence-electron chi connectivity index (χ0n) is 16.1. The minimum absolute atomic E-state index is 0.105. The molecule has 1 heterocycles. The van der Waals surface area contributed by atoms with Crippen LogP contribution in [0.4, 0.5) is 0 Å². The van der Waals surface area contributed by atoms with E-state index in [-0.39, 0.29) is 5.91 Å². The van der Waals surface area contributed by atoms with E-state index >= 15 is 0 Å². The van der Waals surface area contributed by atoms with Gasteiger partial charge in [0.1, 0.15) is 5.75 Å². The molecule has 1 N–H and O–H groups in total. The Bertz CT molecular complexity index is 933. The second kappa shape index (κ2) is 8.30. The smallest absolute Gasteiger partial charge is 0.261 e. The number of amides is 1. The number of nitrogens with one attached hydrogen (secondary N) is 1. The van der Waals surface area contributed by atoms with Crippen LogP contribution in [0.1, 0.15) is 36.5 Å². The van der Waals surface area contributed by atoms with Gasteiger partial charge < -0.3 is 14.6 Å². The highest BCUT2D eigenvalue weighted by molar-refractivity contribution is 5.80. The van der Waals surface area contributed by atoms with Crippen LogP contribution in [-0.2, 0) is 24.2 Å². The molecular weight excluding hydrogens is 350 g/mol. The van der Waals surface area contributed by atoms with Gasteiger partial charge in [-0.05, 0) is 67.5 Å². The van der Waals surface area contributed by atoms with Gasteiger partial charge in [-0.25, -0.2) is 4.98 Å². The van der Waals surface area contributed by atoms with Crippen molar-refractivity contribution in [3.05, 3.63) is 77.9 Å². The van der Waals surface area contributed by atoms with E-state index in [1.165, 1.54) is 24.0 Å². The predicted octanol–water partition coefficient (Wildman–Crippen LogP) is 3.83. The minimum atomic E-state index is -0.529. The molecule has 5 heteroatoms. The molecule has 1 atom stereocenters. The van der Waals surface area contributed by atoms with Gasteiger partial charge in [0.2, 0.25) is 0 Å². The Balaban J connectivity index is 1.34. The maximum atomic E-state index is 12.5. The second-order valence-corrected chi connectivity index (χ2v) is 7.22. The maximum absolute atomic E-state index is 12.5. The molecule has 2 aromatic carbocycles. The van der Waals surface area contributed by atoms with E-state index in [4.69, 9.17) is 4.74 Å².